The third-order valence-corrected chi connectivity index (χ3v) is 2.88. The molecule has 1 heterocycles. The molecule has 1 aliphatic heterocycles. The molecule has 1 rings (SSSR count). The smallest absolute Gasteiger partial charge is 0.394 e. The van der Waals surface area contributed by atoms with Crippen molar-refractivity contribution in [3.8, 4) is 0 Å². The predicted octanol–water partition coefficient (Wildman–Crippen LogP) is -3.06. The van der Waals surface area contributed by atoms with Gasteiger partial charge in [-0.15, -0.1) is 0 Å². The molecule has 3 unspecified atom stereocenters. The third kappa shape index (κ3) is 3.95. The number of hydrogen-bond acceptors (Lipinski definition) is 7. The molecular formula is C7H15O9P. The molecule has 1 saturated heterocycles. The maximum absolute atomic E-state index is 10.5. The van der Waals surface area contributed by atoms with Crippen molar-refractivity contribution in [2.45, 2.75) is 30.5 Å². The highest BCUT2D eigenvalue weighted by Crippen LogP contribution is 2.36. The summed E-state index contributed by atoms with van der Waals surface area (Å²) in [5, 5.41) is 37.1. The lowest BCUT2D eigenvalue weighted by Crippen LogP contribution is -2.59. The van der Waals surface area contributed by atoms with Gasteiger partial charge < -0.3 is 34.9 Å². The molecule has 17 heavy (non-hydrogen) atoms. The quantitative estimate of drug-likeness (QED) is 0.293. The molecule has 0 aromatic heterocycles. The predicted molar refractivity (Wildman–Crippen MR) is 51.8 cm³/mol. The highest BCUT2D eigenvalue weighted by molar-refractivity contribution is 7.46. The van der Waals surface area contributed by atoms with E-state index in [9.17, 15) is 19.9 Å². The van der Waals surface area contributed by atoms with Crippen LogP contribution in [0, 0.1) is 0 Å². The van der Waals surface area contributed by atoms with Gasteiger partial charge in [-0.3, -0.25) is 4.52 Å². The van der Waals surface area contributed by atoms with Crippen molar-refractivity contribution in [2.24, 2.45) is 0 Å². The highest BCUT2D eigenvalue weighted by atomic mass is 31.2. The van der Waals surface area contributed by atoms with Crippen LogP contribution in [0.2, 0.25) is 0 Å². The van der Waals surface area contributed by atoms with Crippen LogP contribution in [0.25, 0.3) is 0 Å². The Balaban J connectivity index is 2.62. The number of phosphoric ester groups is 1. The summed E-state index contributed by atoms with van der Waals surface area (Å²) in [4.78, 5) is 16.9. The lowest BCUT2D eigenvalue weighted by atomic mass is 9.95. The fraction of sp³-hybridized carbons (Fsp3) is 1.00. The van der Waals surface area contributed by atoms with Gasteiger partial charge in [0.1, 0.15) is 30.5 Å². The minimum atomic E-state index is -4.72. The Morgan fingerprint density at radius 2 is 1.59 bits per heavy atom. The molecule has 102 valence electrons. The topological polar surface area (TPSA) is 157 Å². The van der Waals surface area contributed by atoms with Crippen molar-refractivity contribution in [3.05, 3.63) is 0 Å². The largest absolute Gasteiger partial charge is 0.469 e. The molecular weight excluding hydrogens is 259 g/mol. The first-order valence-electron chi connectivity index (χ1n) is 4.77. The zero-order valence-electron chi connectivity index (χ0n) is 8.66. The summed E-state index contributed by atoms with van der Waals surface area (Å²) in [5.41, 5.74) is 0. The van der Waals surface area contributed by atoms with Gasteiger partial charge in [0, 0.05) is 0 Å². The van der Waals surface area contributed by atoms with Gasteiger partial charge in [0.05, 0.1) is 13.2 Å². The van der Waals surface area contributed by atoms with Crippen LogP contribution in [0.3, 0.4) is 0 Å². The van der Waals surface area contributed by atoms with Crippen LogP contribution in [0.1, 0.15) is 0 Å². The van der Waals surface area contributed by atoms with Crippen LogP contribution in [-0.2, 0) is 13.8 Å². The Morgan fingerprint density at radius 1 is 1.06 bits per heavy atom. The molecule has 6 N–H and O–H groups in total. The molecule has 5 atom stereocenters. The van der Waals surface area contributed by atoms with E-state index in [1.54, 1.807) is 0 Å². The molecule has 1 fully saturated rings. The van der Waals surface area contributed by atoms with Crippen molar-refractivity contribution in [2.75, 3.05) is 13.2 Å². The zero-order chi connectivity index (χ0) is 13.2. The minimum Gasteiger partial charge on any atom is -0.394 e. The van der Waals surface area contributed by atoms with E-state index in [4.69, 9.17) is 19.6 Å². The van der Waals surface area contributed by atoms with Gasteiger partial charge in [-0.2, -0.15) is 0 Å². The molecule has 1 aliphatic rings. The van der Waals surface area contributed by atoms with Gasteiger partial charge >= 0.3 is 7.82 Å². The van der Waals surface area contributed by atoms with Crippen LogP contribution in [0.5, 0.6) is 0 Å². The lowest BCUT2D eigenvalue weighted by molar-refractivity contribution is -0.234. The molecule has 0 saturated carbocycles. The average molecular weight is 274 g/mol. The molecule has 0 spiro atoms. The Hall–Kier alpha value is -0.0900. The monoisotopic (exact) mass is 274 g/mol. The van der Waals surface area contributed by atoms with E-state index in [0.29, 0.717) is 0 Å². The standard InChI is InChI=1S/C7H15O9P/c8-1-3-5(9)7(11)6(10)4(16-3)2-15-17(12,13)14/h3-11H,1-2H2,(H2,12,13,14)/t3?,4-,5+,6?,7?/m1/s1. The second-order valence-corrected chi connectivity index (χ2v) is 4.89. The first-order valence-corrected chi connectivity index (χ1v) is 6.30. The molecule has 0 aromatic carbocycles. The van der Waals surface area contributed by atoms with Crippen LogP contribution < -0.4 is 0 Å². The van der Waals surface area contributed by atoms with Gasteiger partial charge in [-0.05, 0) is 0 Å². The van der Waals surface area contributed by atoms with E-state index in [-0.39, 0.29) is 0 Å². The normalized spacial score (nSPS) is 39.3. The van der Waals surface area contributed by atoms with Crippen molar-refractivity contribution < 1.29 is 44.0 Å². The number of hydrogen-bond donors (Lipinski definition) is 6. The third-order valence-electron chi connectivity index (χ3n) is 2.40. The SMILES string of the molecule is O=P(O)(O)OC[C@H]1OC(CO)[C@H](O)C(O)C1O. The fourth-order valence-electron chi connectivity index (χ4n) is 1.49. The molecule has 9 nitrogen and oxygen atoms in total. The van der Waals surface area contributed by atoms with Crippen molar-refractivity contribution in [1.82, 2.24) is 0 Å². The Bertz CT molecular complexity index is 289. The molecule has 0 amide bonds. The summed E-state index contributed by atoms with van der Waals surface area (Å²) in [5.74, 6) is 0. The van der Waals surface area contributed by atoms with E-state index in [0.717, 1.165) is 0 Å². The van der Waals surface area contributed by atoms with Crippen molar-refractivity contribution >= 4 is 7.82 Å². The minimum absolute atomic E-state index is 0.614. The number of ether oxygens (including phenoxy) is 1. The Kier molecular flexibility index (Phi) is 5.02. The first-order chi connectivity index (χ1) is 7.76. The number of aliphatic hydroxyl groups is 4. The van der Waals surface area contributed by atoms with Crippen LogP contribution >= 0.6 is 7.82 Å². The summed E-state index contributed by atoms with van der Waals surface area (Å²) in [7, 11) is -4.72. The molecule has 0 aromatic rings. The van der Waals surface area contributed by atoms with Crippen LogP contribution in [-0.4, -0.2) is 73.9 Å². The van der Waals surface area contributed by atoms with Gasteiger partial charge in [0.25, 0.3) is 0 Å². The van der Waals surface area contributed by atoms with E-state index in [2.05, 4.69) is 4.52 Å². The molecule has 0 radical (unpaired) electrons. The second-order valence-electron chi connectivity index (χ2n) is 3.65. The van der Waals surface area contributed by atoms with Gasteiger partial charge in [-0.25, -0.2) is 4.57 Å². The first kappa shape index (κ1) is 15.0. The summed E-state index contributed by atoms with van der Waals surface area (Å²) in [6.07, 6.45) is -7.05. The maximum Gasteiger partial charge on any atom is 0.469 e. The fourth-order valence-corrected chi connectivity index (χ4v) is 1.83. The van der Waals surface area contributed by atoms with Crippen molar-refractivity contribution in [1.29, 1.82) is 0 Å². The average Bonchev–Trinajstić information content (AvgIpc) is 2.24. The van der Waals surface area contributed by atoms with Gasteiger partial charge in [0.15, 0.2) is 0 Å². The number of rotatable bonds is 4. The molecule has 0 bridgehead atoms. The zero-order valence-corrected chi connectivity index (χ0v) is 9.55. The van der Waals surface area contributed by atoms with E-state index in [1.165, 1.54) is 0 Å². The van der Waals surface area contributed by atoms with Crippen LogP contribution in [0.4, 0.5) is 0 Å². The number of phosphoric acid groups is 1. The summed E-state index contributed by atoms with van der Waals surface area (Å²) in [6.45, 7) is -1.29. The van der Waals surface area contributed by atoms with Crippen LogP contribution in [0.15, 0.2) is 0 Å². The maximum atomic E-state index is 10.5. The Labute approximate surface area is 96.5 Å². The summed E-state index contributed by atoms with van der Waals surface area (Å²) >= 11 is 0. The van der Waals surface area contributed by atoms with Crippen molar-refractivity contribution in [3.63, 3.8) is 0 Å². The van der Waals surface area contributed by atoms with E-state index in [1.807, 2.05) is 0 Å². The lowest BCUT2D eigenvalue weighted by Gasteiger charge is -2.39. The summed E-state index contributed by atoms with van der Waals surface area (Å²) < 4.78 is 19.5. The second kappa shape index (κ2) is 5.70. The Morgan fingerprint density at radius 3 is 2.06 bits per heavy atom. The highest BCUT2D eigenvalue weighted by Gasteiger charge is 2.43. The molecule has 10 heteroatoms. The van der Waals surface area contributed by atoms with Gasteiger partial charge in [0.2, 0.25) is 0 Å². The van der Waals surface area contributed by atoms with E-state index >= 15 is 0 Å². The summed E-state index contributed by atoms with van der Waals surface area (Å²) in [6, 6.07) is 0. The van der Waals surface area contributed by atoms with Gasteiger partial charge in [-0.1, -0.05) is 0 Å². The number of aliphatic hydroxyl groups excluding tert-OH is 4. The molecule has 0 aliphatic carbocycles. The van der Waals surface area contributed by atoms with E-state index < -0.39 is 51.6 Å².